The number of nitrogens with one attached hydrogen (secondary N) is 1. The molecule has 26 heavy (non-hydrogen) atoms. The van der Waals surface area contributed by atoms with Gasteiger partial charge in [-0.3, -0.25) is 4.79 Å². The Morgan fingerprint density at radius 2 is 1.85 bits per heavy atom. The summed E-state index contributed by atoms with van der Waals surface area (Å²) in [5.41, 5.74) is 0.806. The van der Waals surface area contributed by atoms with Gasteiger partial charge in [0.25, 0.3) is 0 Å². The Morgan fingerprint density at radius 1 is 1.15 bits per heavy atom. The molecule has 0 aliphatic carbocycles. The van der Waals surface area contributed by atoms with Gasteiger partial charge in [0, 0.05) is 25.4 Å². The van der Waals surface area contributed by atoms with Crippen LogP contribution < -0.4 is 10.3 Å². The second-order valence-corrected chi connectivity index (χ2v) is 8.37. The van der Waals surface area contributed by atoms with Crippen LogP contribution in [0.3, 0.4) is 0 Å². The molecule has 1 aromatic carbocycles. The van der Waals surface area contributed by atoms with E-state index in [1.54, 1.807) is 12.3 Å². The largest absolute Gasteiger partial charge is 0.492 e. The quantitative estimate of drug-likeness (QED) is 0.832. The van der Waals surface area contributed by atoms with Crippen LogP contribution in [0.4, 0.5) is 4.39 Å². The van der Waals surface area contributed by atoms with Crippen LogP contribution in [0.5, 0.6) is 5.75 Å². The van der Waals surface area contributed by atoms with Crippen LogP contribution in [0.25, 0.3) is 0 Å². The van der Waals surface area contributed by atoms with Crippen LogP contribution in [0.2, 0.25) is 0 Å². The molecule has 1 aromatic heterocycles. The number of pyridine rings is 1. The van der Waals surface area contributed by atoms with Gasteiger partial charge in [0.05, 0.1) is 5.75 Å². The number of hydrogen-bond donors (Lipinski definition) is 1. The van der Waals surface area contributed by atoms with Crippen LogP contribution in [-0.2, 0) is 10.0 Å². The van der Waals surface area contributed by atoms with Gasteiger partial charge >= 0.3 is 0 Å². The first-order chi connectivity index (χ1) is 12.4. The number of H-pyrrole nitrogens is 1. The average molecular weight is 380 g/mol. The van der Waals surface area contributed by atoms with E-state index in [0.29, 0.717) is 31.7 Å². The van der Waals surface area contributed by atoms with Crippen molar-refractivity contribution in [2.24, 2.45) is 0 Å². The summed E-state index contributed by atoms with van der Waals surface area (Å²) in [6, 6.07) is 8.91. The average Bonchev–Trinajstić information content (AvgIpc) is 2.63. The lowest BCUT2D eigenvalue weighted by Gasteiger charge is -2.31. The number of hydrogen-bond acceptors (Lipinski definition) is 4. The Bertz CT molecular complexity index is 888. The molecule has 1 aliphatic heterocycles. The molecule has 1 aliphatic rings. The highest BCUT2D eigenvalue weighted by atomic mass is 32.2. The summed E-state index contributed by atoms with van der Waals surface area (Å²) in [6.45, 7) is 0.870. The van der Waals surface area contributed by atoms with Gasteiger partial charge in [0.2, 0.25) is 15.6 Å². The van der Waals surface area contributed by atoms with Crippen LogP contribution in [0, 0.1) is 5.82 Å². The first-order valence-electron chi connectivity index (χ1n) is 8.49. The summed E-state index contributed by atoms with van der Waals surface area (Å²) < 4.78 is 44.6. The zero-order chi connectivity index (χ0) is 18.6. The summed E-state index contributed by atoms with van der Waals surface area (Å²) in [7, 11) is -3.41. The van der Waals surface area contributed by atoms with Gasteiger partial charge in [-0.15, -0.1) is 0 Å². The minimum absolute atomic E-state index is 0.0158. The fourth-order valence-electron chi connectivity index (χ4n) is 3.11. The highest BCUT2D eigenvalue weighted by Crippen LogP contribution is 2.28. The van der Waals surface area contributed by atoms with Gasteiger partial charge in [-0.1, -0.05) is 0 Å². The number of ether oxygens (including phenoxy) is 1. The molecule has 0 amide bonds. The third-order valence-corrected chi connectivity index (χ3v) is 6.38. The van der Waals surface area contributed by atoms with Gasteiger partial charge in [-0.05, 0) is 54.7 Å². The van der Waals surface area contributed by atoms with Gasteiger partial charge < -0.3 is 9.72 Å². The Labute approximate surface area is 151 Å². The Kier molecular flexibility index (Phi) is 5.73. The molecule has 0 radical (unpaired) electrons. The maximum Gasteiger partial charge on any atom is 0.248 e. The van der Waals surface area contributed by atoms with Crippen molar-refractivity contribution in [3.8, 4) is 5.75 Å². The number of rotatable bonds is 6. The fraction of sp³-hybridized carbons (Fsp3) is 0.389. The van der Waals surface area contributed by atoms with Crippen molar-refractivity contribution < 1.29 is 17.5 Å². The number of aromatic amines is 1. The third-order valence-electron chi connectivity index (χ3n) is 4.54. The summed E-state index contributed by atoms with van der Waals surface area (Å²) >= 11 is 0. The van der Waals surface area contributed by atoms with Crippen molar-refractivity contribution in [2.45, 2.75) is 18.8 Å². The molecule has 0 spiro atoms. The van der Waals surface area contributed by atoms with Crippen molar-refractivity contribution in [3.05, 3.63) is 64.3 Å². The molecule has 1 fully saturated rings. The van der Waals surface area contributed by atoms with E-state index in [2.05, 4.69) is 4.98 Å². The van der Waals surface area contributed by atoms with Crippen molar-refractivity contribution in [3.63, 3.8) is 0 Å². The second kappa shape index (κ2) is 8.01. The molecule has 8 heteroatoms. The van der Waals surface area contributed by atoms with E-state index < -0.39 is 10.0 Å². The van der Waals surface area contributed by atoms with Crippen molar-refractivity contribution in [1.82, 2.24) is 9.29 Å². The molecular weight excluding hydrogens is 359 g/mol. The Morgan fingerprint density at radius 3 is 2.50 bits per heavy atom. The molecule has 140 valence electrons. The maximum absolute atomic E-state index is 12.8. The highest BCUT2D eigenvalue weighted by Gasteiger charge is 2.28. The lowest BCUT2D eigenvalue weighted by molar-refractivity contribution is 0.307. The zero-order valence-corrected chi connectivity index (χ0v) is 15.0. The van der Waals surface area contributed by atoms with Gasteiger partial charge in [-0.25, -0.2) is 17.1 Å². The minimum atomic E-state index is -3.41. The van der Waals surface area contributed by atoms with E-state index in [-0.39, 0.29) is 29.7 Å². The first kappa shape index (κ1) is 18.6. The van der Waals surface area contributed by atoms with E-state index in [4.69, 9.17) is 4.74 Å². The predicted molar refractivity (Wildman–Crippen MR) is 96.3 cm³/mol. The van der Waals surface area contributed by atoms with Gasteiger partial charge in [0.15, 0.2) is 0 Å². The van der Waals surface area contributed by atoms with E-state index in [1.165, 1.54) is 28.6 Å². The van der Waals surface area contributed by atoms with E-state index in [1.807, 2.05) is 6.07 Å². The van der Waals surface area contributed by atoms with E-state index >= 15 is 0 Å². The number of aromatic nitrogens is 1. The summed E-state index contributed by atoms with van der Waals surface area (Å²) in [5.74, 6) is 0.141. The summed E-state index contributed by atoms with van der Waals surface area (Å²) in [4.78, 5) is 14.0. The first-order valence-corrected chi connectivity index (χ1v) is 10.1. The molecule has 6 nitrogen and oxygen atoms in total. The van der Waals surface area contributed by atoms with Crippen LogP contribution >= 0.6 is 0 Å². The molecular formula is C18H21FN2O4S. The minimum Gasteiger partial charge on any atom is -0.492 e. The predicted octanol–water partition coefficient (Wildman–Crippen LogP) is 2.10. The molecule has 2 aromatic rings. The lowest BCUT2D eigenvalue weighted by Crippen LogP contribution is -2.40. The Balaban J connectivity index is 1.51. The standard InChI is InChI=1S/C18H21FN2O4S/c19-16-1-3-17(4-2-16)25-11-12-26(23,24)21-9-6-14(7-10-21)15-5-8-20-18(22)13-15/h1-5,8,13-14H,6-7,9-12H2,(H,20,22). The highest BCUT2D eigenvalue weighted by molar-refractivity contribution is 7.89. The second-order valence-electron chi connectivity index (χ2n) is 6.28. The normalized spacial score (nSPS) is 16.5. The molecule has 1 saturated heterocycles. The molecule has 0 saturated carbocycles. The molecule has 1 N–H and O–H groups in total. The van der Waals surface area contributed by atoms with Gasteiger partial charge in [-0.2, -0.15) is 0 Å². The van der Waals surface area contributed by atoms with E-state index in [0.717, 1.165) is 5.56 Å². The molecule has 0 unspecified atom stereocenters. The molecule has 3 rings (SSSR count). The monoisotopic (exact) mass is 380 g/mol. The lowest BCUT2D eigenvalue weighted by atomic mass is 9.91. The summed E-state index contributed by atoms with van der Waals surface area (Å²) in [5, 5.41) is 0. The van der Waals surface area contributed by atoms with Gasteiger partial charge in [0.1, 0.15) is 18.2 Å². The van der Waals surface area contributed by atoms with Crippen LogP contribution in [0.15, 0.2) is 47.4 Å². The maximum atomic E-state index is 12.8. The Hall–Kier alpha value is -2.19. The molecule has 2 heterocycles. The zero-order valence-electron chi connectivity index (χ0n) is 14.2. The fourth-order valence-corrected chi connectivity index (χ4v) is 4.43. The number of benzene rings is 1. The number of nitrogens with zero attached hydrogens (tertiary/aromatic N) is 1. The smallest absolute Gasteiger partial charge is 0.248 e. The third kappa shape index (κ3) is 4.70. The molecule has 0 bridgehead atoms. The van der Waals surface area contributed by atoms with Crippen molar-refractivity contribution >= 4 is 10.0 Å². The number of piperidine rings is 1. The topological polar surface area (TPSA) is 79.5 Å². The molecule has 0 atom stereocenters. The summed E-state index contributed by atoms with van der Waals surface area (Å²) in [6.07, 6.45) is 2.98. The number of sulfonamides is 1. The van der Waals surface area contributed by atoms with Crippen molar-refractivity contribution in [1.29, 1.82) is 0 Å². The van der Waals surface area contributed by atoms with E-state index in [9.17, 15) is 17.6 Å². The number of halogens is 1. The van der Waals surface area contributed by atoms with Crippen molar-refractivity contribution in [2.75, 3.05) is 25.4 Å². The SMILES string of the molecule is O=c1cc(C2CCN(S(=O)(=O)CCOc3ccc(F)cc3)CC2)cc[nH]1. The van der Waals surface area contributed by atoms with Crippen LogP contribution in [-0.4, -0.2) is 43.2 Å². The van der Waals surface area contributed by atoms with Crippen LogP contribution in [0.1, 0.15) is 24.3 Å².